The molecule has 0 bridgehead atoms. The van der Waals surface area contributed by atoms with Gasteiger partial charge in [0.15, 0.2) is 0 Å². The molecule has 0 saturated carbocycles. The zero-order valence-corrected chi connectivity index (χ0v) is 16.8. The number of anilines is 1. The van der Waals surface area contributed by atoms with Gasteiger partial charge in [0.25, 0.3) is 5.56 Å². The Balaban J connectivity index is 1.62. The first-order valence-electron chi connectivity index (χ1n) is 10.3. The molecule has 1 aromatic carbocycles. The fraction of sp³-hybridized carbons (Fsp3) is 0.455. The van der Waals surface area contributed by atoms with E-state index in [0.29, 0.717) is 0 Å². The Labute approximate surface area is 166 Å². The molecule has 2 aromatic rings. The second kappa shape index (κ2) is 8.29. The van der Waals surface area contributed by atoms with Crippen molar-refractivity contribution in [2.24, 2.45) is 0 Å². The first kappa shape index (κ1) is 18.9. The van der Waals surface area contributed by atoms with Gasteiger partial charge in [0.05, 0.1) is 17.4 Å². The van der Waals surface area contributed by atoms with Crippen molar-refractivity contribution in [3.8, 4) is 0 Å². The van der Waals surface area contributed by atoms with Crippen molar-refractivity contribution in [2.75, 3.05) is 37.7 Å². The molecular formula is C22H29N5O. The summed E-state index contributed by atoms with van der Waals surface area (Å²) in [6.45, 7) is 9.28. The lowest BCUT2D eigenvalue weighted by Crippen LogP contribution is -2.42. The minimum Gasteiger partial charge on any atom is -0.302 e. The van der Waals surface area contributed by atoms with E-state index in [1.54, 1.807) is 10.7 Å². The normalized spacial score (nSPS) is 18.2. The fourth-order valence-electron chi connectivity index (χ4n) is 3.98. The van der Waals surface area contributed by atoms with Gasteiger partial charge in [-0.3, -0.25) is 9.80 Å². The van der Waals surface area contributed by atoms with Crippen LogP contribution in [0.3, 0.4) is 0 Å². The van der Waals surface area contributed by atoms with Gasteiger partial charge in [-0.05, 0) is 64.1 Å². The van der Waals surface area contributed by atoms with Crippen molar-refractivity contribution in [3.63, 3.8) is 0 Å². The van der Waals surface area contributed by atoms with E-state index in [-0.39, 0.29) is 11.6 Å². The number of nitrogens with zero attached hydrogens (tertiary/aromatic N) is 5. The summed E-state index contributed by atoms with van der Waals surface area (Å²) in [7, 11) is 0. The minimum atomic E-state index is -0.0607. The van der Waals surface area contributed by atoms with Crippen LogP contribution in [0, 0.1) is 0 Å². The molecule has 0 radical (unpaired) electrons. The number of benzene rings is 1. The molecule has 0 amide bonds. The Bertz CT molecular complexity index is 883. The molecule has 0 spiro atoms. The first-order valence-corrected chi connectivity index (χ1v) is 10.3. The molecule has 2 aliphatic rings. The Morgan fingerprint density at radius 3 is 2.46 bits per heavy atom. The number of hydrogen-bond donors (Lipinski definition) is 0. The van der Waals surface area contributed by atoms with Crippen LogP contribution in [0.25, 0.3) is 5.70 Å². The van der Waals surface area contributed by atoms with Crippen LogP contribution in [-0.4, -0.2) is 52.4 Å². The van der Waals surface area contributed by atoms with E-state index in [4.69, 9.17) is 0 Å². The highest BCUT2D eigenvalue weighted by Gasteiger charge is 2.28. The molecule has 1 saturated heterocycles. The second-order valence-corrected chi connectivity index (χ2v) is 7.79. The molecular weight excluding hydrogens is 350 g/mol. The van der Waals surface area contributed by atoms with Gasteiger partial charge in [-0.15, -0.1) is 0 Å². The molecule has 6 heteroatoms. The van der Waals surface area contributed by atoms with E-state index < -0.39 is 0 Å². The Kier molecular flexibility index (Phi) is 5.59. The molecule has 0 N–H and O–H groups in total. The van der Waals surface area contributed by atoms with Crippen molar-refractivity contribution in [1.29, 1.82) is 0 Å². The number of hydrazine groups is 1. The highest BCUT2D eigenvalue weighted by molar-refractivity contribution is 5.78. The minimum absolute atomic E-state index is 0.0332. The van der Waals surface area contributed by atoms with Gasteiger partial charge in [-0.25, -0.2) is 9.69 Å². The molecule has 0 atom stereocenters. The SMILES string of the molecule is CC(C)n1nc(C2=CCN(CCN3CCCC3)N2c2ccccc2)ccc1=O. The van der Waals surface area contributed by atoms with E-state index >= 15 is 0 Å². The summed E-state index contributed by atoms with van der Waals surface area (Å²) in [4.78, 5) is 14.7. The summed E-state index contributed by atoms with van der Waals surface area (Å²) in [6, 6.07) is 13.9. The molecule has 2 aliphatic heterocycles. The van der Waals surface area contributed by atoms with Gasteiger partial charge in [-0.2, -0.15) is 5.10 Å². The first-order chi connectivity index (χ1) is 13.6. The van der Waals surface area contributed by atoms with Crippen molar-refractivity contribution in [2.45, 2.75) is 32.7 Å². The number of hydrogen-bond acceptors (Lipinski definition) is 5. The zero-order chi connectivity index (χ0) is 19.5. The average Bonchev–Trinajstić information content (AvgIpc) is 3.37. The van der Waals surface area contributed by atoms with Crippen LogP contribution in [0.4, 0.5) is 5.69 Å². The molecule has 6 nitrogen and oxygen atoms in total. The lowest BCUT2D eigenvalue weighted by atomic mass is 10.2. The summed E-state index contributed by atoms with van der Waals surface area (Å²) in [5.74, 6) is 0. The van der Waals surface area contributed by atoms with Crippen LogP contribution in [0.15, 0.2) is 53.3 Å². The van der Waals surface area contributed by atoms with E-state index in [1.165, 1.54) is 25.9 Å². The number of aromatic nitrogens is 2. The molecule has 28 heavy (non-hydrogen) atoms. The summed E-state index contributed by atoms with van der Waals surface area (Å²) >= 11 is 0. The molecule has 3 heterocycles. The highest BCUT2D eigenvalue weighted by Crippen LogP contribution is 2.31. The smallest absolute Gasteiger partial charge is 0.267 e. The van der Waals surface area contributed by atoms with E-state index in [2.05, 4.69) is 50.4 Å². The maximum atomic E-state index is 12.1. The summed E-state index contributed by atoms with van der Waals surface area (Å²) < 4.78 is 1.56. The average molecular weight is 380 g/mol. The van der Waals surface area contributed by atoms with Crippen LogP contribution in [0.5, 0.6) is 0 Å². The lowest BCUT2D eigenvalue weighted by Gasteiger charge is -2.33. The molecule has 1 aromatic heterocycles. The Hall–Kier alpha value is -2.44. The van der Waals surface area contributed by atoms with Crippen molar-refractivity contribution in [1.82, 2.24) is 19.7 Å². The van der Waals surface area contributed by atoms with Crippen LogP contribution in [-0.2, 0) is 0 Å². The van der Waals surface area contributed by atoms with Gasteiger partial charge in [-0.1, -0.05) is 18.2 Å². The predicted octanol–water partition coefficient (Wildman–Crippen LogP) is 3.00. The van der Waals surface area contributed by atoms with Crippen molar-refractivity contribution >= 4 is 11.4 Å². The van der Waals surface area contributed by atoms with Crippen LogP contribution >= 0.6 is 0 Å². The Morgan fingerprint density at radius 1 is 1.00 bits per heavy atom. The summed E-state index contributed by atoms with van der Waals surface area (Å²) in [6.07, 6.45) is 4.84. The molecule has 4 rings (SSSR count). The van der Waals surface area contributed by atoms with Gasteiger partial charge >= 0.3 is 0 Å². The van der Waals surface area contributed by atoms with Crippen molar-refractivity contribution < 1.29 is 0 Å². The number of likely N-dealkylation sites (tertiary alicyclic amines) is 1. The Morgan fingerprint density at radius 2 is 1.75 bits per heavy atom. The van der Waals surface area contributed by atoms with Crippen LogP contribution in [0.2, 0.25) is 0 Å². The van der Waals surface area contributed by atoms with Gasteiger partial charge < -0.3 is 4.90 Å². The largest absolute Gasteiger partial charge is 0.302 e. The number of para-hydroxylation sites is 1. The fourth-order valence-corrected chi connectivity index (χ4v) is 3.98. The third-order valence-corrected chi connectivity index (χ3v) is 5.46. The topological polar surface area (TPSA) is 44.6 Å². The maximum Gasteiger partial charge on any atom is 0.267 e. The maximum absolute atomic E-state index is 12.1. The molecule has 148 valence electrons. The third-order valence-electron chi connectivity index (χ3n) is 5.46. The van der Waals surface area contributed by atoms with Crippen molar-refractivity contribution in [3.05, 3.63) is 64.6 Å². The second-order valence-electron chi connectivity index (χ2n) is 7.79. The van der Waals surface area contributed by atoms with Gasteiger partial charge in [0.1, 0.15) is 5.69 Å². The van der Waals surface area contributed by atoms with Gasteiger partial charge in [0, 0.05) is 25.7 Å². The third kappa shape index (κ3) is 3.88. The standard InChI is InChI=1S/C22H29N5O/c1-18(2)26-22(28)11-10-20(23-26)21-12-15-25(17-16-24-13-6-7-14-24)27(21)19-8-4-3-5-9-19/h3-5,8-12,18H,6-7,13-17H2,1-2H3. The van der Waals surface area contributed by atoms with Crippen LogP contribution < -0.4 is 10.6 Å². The number of rotatable bonds is 6. The van der Waals surface area contributed by atoms with E-state index in [9.17, 15) is 4.79 Å². The van der Waals surface area contributed by atoms with Gasteiger partial charge in [0.2, 0.25) is 0 Å². The molecule has 0 aliphatic carbocycles. The van der Waals surface area contributed by atoms with Crippen LogP contribution in [0.1, 0.15) is 38.4 Å². The highest BCUT2D eigenvalue weighted by atomic mass is 16.1. The zero-order valence-electron chi connectivity index (χ0n) is 16.8. The molecule has 0 unspecified atom stereocenters. The lowest BCUT2D eigenvalue weighted by molar-refractivity contribution is 0.251. The summed E-state index contributed by atoms with van der Waals surface area (Å²) in [5, 5.41) is 9.29. The predicted molar refractivity (Wildman–Crippen MR) is 113 cm³/mol. The molecule has 1 fully saturated rings. The van der Waals surface area contributed by atoms with E-state index in [1.807, 2.05) is 26.0 Å². The summed E-state index contributed by atoms with van der Waals surface area (Å²) in [5.41, 5.74) is 2.94. The monoisotopic (exact) mass is 379 g/mol. The van der Waals surface area contributed by atoms with E-state index in [0.717, 1.165) is 36.7 Å². The quantitative estimate of drug-likeness (QED) is 0.772.